The van der Waals surface area contributed by atoms with E-state index in [1.807, 2.05) is 48.5 Å². The standard InChI is InChI=1S/C58H36N4O/c1-4-15-37(16-5-1)38-27-29-42(30-28-38)57-60-56(41-20-8-3-9-21-41)61-58(62-57)45-34-43(47-24-14-25-49-48-23-12-13-26-53(48)63-55(47)49)33-44(35-45)52-36-50(39-17-6-2-7-18-39)54-46-22-11-10-19-40(46)31-32-51(54)59-52/h1-36H. The molecule has 12 aromatic rings. The number of hydrogen-bond acceptors (Lipinski definition) is 5. The number of aromatic nitrogens is 4. The molecule has 3 aromatic heterocycles. The molecule has 0 amide bonds. The Morgan fingerprint density at radius 2 is 0.841 bits per heavy atom. The summed E-state index contributed by atoms with van der Waals surface area (Å²) in [5.74, 6) is 1.74. The van der Waals surface area contributed by atoms with Crippen molar-refractivity contribution in [2.75, 3.05) is 0 Å². The third kappa shape index (κ3) is 6.60. The summed E-state index contributed by atoms with van der Waals surface area (Å²) in [6, 6.07) is 75.7. The van der Waals surface area contributed by atoms with Crippen LogP contribution in [0.2, 0.25) is 0 Å². The minimum absolute atomic E-state index is 0.556. The maximum Gasteiger partial charge on any atom is 0.164 e. The highest BCUT2D eigenvalue weighted by Crippen LogP contribution is 2.41. The zero-order valence-corrected chi connectivity index (χ0v) is 34.0. The highest BCUT2D eigenvalue weighted by atomic mass is 16.3. The molecule has 5 nitrogen and oxygen atoms in total. The molecule has 0 unspecified atom stereocenters. The fraction of sp³-hybridized carbons (Fsp3) is 0. The quantitative estimate of drug-likeness (QED) is 0.150. The molecule has 5 heteroatoms. The first-order valence-electron chi connectivity index (χ1n) is 21.1. The molecule has 0 saturated carbocycles. The molecule has 0 aliphatic carbocycles. The lowest BCUT2D eigenvalue weighted by Gasteiger charge is -2.15. The van der Waals surface area contributed by atoms with Crippen LogP contribution in [0.3, 0.4) is 0 Å². The highest BCUT2D eigenvalue weighted by Gasteiger charge is 2.20. The van der Waals surface area contributed by atoms with Gasteiger partial charge in [-0.1, -0.05) is 182 Å². The Morgan fingerprint density at radius 3 is 1.59 bits per heavy atom. The molecule has 0 N–H and O–H groups in total. The Morgan fingerprint density at radius 1 is 0.302 bits per heavy atom. The second-order valence-electron chi connectivity index (χ2n) is 15.8. The van der Waals surface area contributed by atoms with E-state index in [0.717, 1.165) is 94.2 Å². The van der Waals surface area contributed by atoms with Crippen molar-refractivity contribution in [2.24, 2.45) is 0 Å². The summed E-state index contributed by atoms with van der Waals surface area (Å²) in [5, 5.41) is 5.61. The van der Waals surface area contributed by atoms with E-state index < -0.39 is 0 Å². The Hall–Kier alpha value is -8.54. The lowest BCUT2D eigenvalue weighted by molar-refractivity contribution is 0.670. The summed E-state index contributed by atoms with van der Waals surface area (Å²) in [5.41, 5.74) is 13.4. The Balaban J connectivity index is 1.11. The number of benzene rings is 9. The molecule has 0 aliphatic heterocycles. The van der Waals surface area contributed by atoms with Crippen LogP contribution in [0.25, 0.3) is 122 Å². The maximum absolute atomic E-state index is 6.64. The van der Waals surface area contributed by atoms with E-state index >= 15 is 0 Å². The van der Waals surface area contributed by atoms with Crippen molar-refractivity contribution in [1.82, 2.24) is 19.9 Å². The fourth-order valence-electron chi connectivity index (χ4n) is 8.83. The number of furan rings is 1. The van der Waals surface area contributed by atoms with Gasteiger partial charge in [0, 0.05) is 44.0 Å². The number of fused-ring (bicyclic) bond motifs is 6. The summed E-state index contributed by atoms with van der Waals surface area (Å²) in [6.07, 6.45) is 0. The highest BCUT2D eigenvalue weighted by molar-refractivity contribution is 6.14. The molecule has 0 atom stereocenters. The first-order chi connectivity index (χ1) is 31.2. The number of pyridine rings is 1. The molecule has 0 bridgehead atoms. The fourth-order valence-corrected chi connectivity index (χ4v) is 8.83. The van der Waals surface area contributed by atoms with Crippen LogP contribution in [0.4, 0.5) is 0 Å². The van der Waals surface area contributed by atoms with Gasteiger partial charge in [-0.2, -0.15) is 0 Å². The third-order valence-corrected chi connectivity index (χ3v) is 11.9. The van der Waals surface area contributed by atoms with Crippen molar-refractivity contribution in [3.8, 4) is 78.8 Å². The van der Waals surface area contributed by atoms with Crippen LogP contribution in [0.1, 0.15) is 0 Å². The second kappa shape index (κ2) is 15.2. The van der Waals surface area contributed by atoms with Crippen molar-refractivity contribution in [2.45, 2.75) is 0 Å². The van der Waals surface area contributed by atoms with E-state index in [1.54, 1.807) is 0 Å². The average Bonchev–Trinajstić information content (AvgIpc) is 3.75. The molecule has 0 fully saturated rings. The Labute approximate surface area is 363 Å². The zero-order valence-electron chi connectivity index (χ0n) is 34.0. The van der Waals surface area contributed by atoms with Crippen LogP contribution in [-0.4, -0.2) is 19.9 Å². The summed E-state index contributed by atoms with van der Waals surface area (Å²) in [6.45, 7) is 0. The van der Waals surface area contributed by atoms with Gasteiger partial charge >= 0.3 is 0 Å². The predicted octanol–water partition coefficient (Wildman–Crippen LogP) is 15.1. The van der Waals surface area contributed by atoms with Crippen LogP contribution < -0.4 is 0 Å². The van der Waals surface area contributed by atoms with E-state index in [4.69, 9.17) is 24.4 Å². The molecule has 0 radical (unpaired) electrons. The lowest BCUT2D eigenvalue weighted by atomic mass is 9.92. The smallest absolute Gasteiger partial charge is 0.164 e. The van der Waals surface area contributed by atoms with Crippen LogP contribution in [0.15, 0.2) is 223 Å². The molecule has 0 spiro atoms. The van der Waals surface area contributed by atoms with Crippen LogP contribution in [0, 0.1) is 0 Å². The van der Waals surface area contributed by atoms with Gasteiger partial charge in [0.2, 0.25) is 0 Å². The molecule has 3 heterocycles. The SMILES string of the molecule is c1ccc(-c2ccc(-c3nc(-c4ccccc4)nc(-c4cc(-c5cc(-c6ccccc6)c6c(ccc7ccccc76)n5)cc(-c5cccc6c5oc5ccccc56)c4)n3)cc2)cc1. The number of para-hydroxylation sites is 2. The van der Waals surface area contributed by atoms with Crippen molar-refractivity contribution >= 4 is 43.6 Å². The van der Waals surface area contributed by atoms with Gasteiger partial charge in [0.25, 0.3) is 0 Å². The zero-order chi connectivity index (χ0) is 41.7. The first kappa shape index (κ1) is 36.3. The molecule has 0 aliphatic rings. The normalized spacial score (nSPS) is 11.5. The van der Waals surface area contributed by atoms with Gasteiger partial charge < -0.3 is 4.42 Å². The van der Waals surface area contributed by atoms with Crippen molar-refractivity contribution in [3.63, 3.8) is 0 Å². The summed E-state index contributed by atoms with van der Waals surface area (Å²) < 4.78 is 6.64. The first-order valence-corrected chi connectivity index (χ1v) is 21.1. The molecular weight excluding hydrogens is 769 g/mol. The largest absolute Gasteiger partial charge is 0.455 e. The minimum Gasteiger partial charge on any atom is -0.455 e. The van der Waals surface area contributed by atoms with Gasteiger partial charge in [-0.15, -0.1) is 0 Å². The van der Waals surface area contributed by atoms with Gasteiger partial charge in [-0.25, -0.2) is 19.9 Å². The molecule has 63 heavy (non-hydrogen) atoms. The van der Waals surface area contributed by atoms with Gasteiger partial charge in [-0.05, 0) is 75.0 Å². The monoisotopic (exact) mass is 804 g/mol. The third-order valence-electron chi connectivity index (χ3n) is 11.9. The van der Waals surface area contributed by atoms with Crippen molar-refractivity contribution in [3.05, 3.63) is 218 Å². The minimum atomic E-state index is 0.556. The summed E-state index contributed by atoms with van der Waals surface area (Å²) in [7, 11) is 0. The molecule has 12 rings (SSSR count). The van der Waals surface area contributed by atoms with Gasteiger partial charge in [0.15, 0.2) is 17.5 Å². The van der Waals surface area contributed by atoms with E-state index in [9.17, 15) is 0 Å². The van der Waals surface area contributed by atoms with Crippen LogP contribution in [-0.2, 0) is 0 Å². The van der Waals surface area contributed by atoms with Crippen LogP contribution >= 0.6 is 0 Å². The Kier molecular flexibility index (Phi) is 8.75. The number of rotatable bonds is 7. The molecule has 0 saturated heterocycles. The van der Waals surface area contributed by atoms with E-state index in [2.05, 4.69) is 170 Å². The number of nitrogens with zero attached hydrogens (tertiary/aromatic N) is 4. The van der Waals surface area contributed by atoms with Gasteiger partial charge in [0.1, 0.15) is 11.2 Å². The molecule has 9 aromatic carbocycles. The Bertz CT molecular complexity index is 3660. The van der Waals surface area contributed by atoms with Gasteiger partial charge in [0.05, 0.1) is 11.2 Å². The predicted molar refractivity (Wildman–Crippen MR) is 258 cm³/mol. The van der Waals surface area contributed by atoms with Gasteiger partial charge in [-0.3, -0.25) is 0 Å². The van der Waals surface area contributed by atoms with E-state index in [-0.39, 0.29) is 0 Å². The second-order valence-corrected chi connectivity index (χ2v) is 15.8. The molecular formula is C58H36N4O. The van der Waals surface area contributed by atoms with Crippen molar-refractivity contribution < 1.29 is 4.42 Å². The van der Waals surface area contributed by atoms with Crippen LogP contribution in [0.5, 0.6) is 0 Å². The number of hydrogen-bond donors (Lipinski definition) is 0. The summed E-state index contributed by atoms with van der Waals surface area (Å²) >= 11 is 0. The topological polar surface area (TPSA) is 64.7 Å². The summed E-state index contributed by atoms with van der Waals surface area (Å²) in [4.78, 5) is 21.0. The van der Waals surface area contributed by atoms with E-state index in [1.165, 1.54) is 10.8 Å². The maximum atomic E-state index is 6.64. The van der Waals surface area contributed by atoms with E-state index in [0.29, 0.717) is 17.5 Å². The van der Waals surface area contributed by atoms with Crippen molar-refractivity contribution in [1.29, 1.82) is 0 Å². The lowest BCUT2D eigenvalue weighted by Crippen LogP contribution is -2.01. The average molecular weight is 805 g/mol. The molecule has 294 valence electrons.